The highest BCUT2D eigenvalue weighted by Gasteiger charge is 2.14. The number of imidazole rings is 1. The van der Waals surface area contributed by atoms with E-state index in [1.807, 2.05) is 81.9 Å². The minimum absolute atomic E-state index is 0.175. The van der Waals surface area contributed by atoms with Gasteiger partial charge in [0.05, 0.1) is 24.1 Å². The van der Waals surface area contributed by atoms with Crippen molar-refractivity contribution in [3.05, 3.63) is 96.1 Å². The first kappa shape index (κ1) is 18.1. The van der Waals surface area contributed by atoms with Gasteiger partial charge < -0.3 is 19.0 Å². The average molecular weight is 373 g/mol. The summed E-state index contributed by atoms with van der Waals surface area (Å²) in [6.45, 7) is 1.09. The third kappa shape index (κ3) is 3.85. The molecular formula is C23H23N3O2. The fraction of sp³-hybridized carbons (Fsp3) is 0.174. The van der Waals surface area contributed by atoms with Crippen LogP contribution in [0.15, 0.2) is 84.9 Å². The van der Waals surface area contributed by atoms with Crippen LogP contribution < -0.4 is 10.4 Å². The van der Waals surface area contributed by atoms with Crippen LogP contribution in [0, 0.1) is 5.41 Å². The summed E-state index contributed by atoms with van der Waals surface area (Å²) in [6.07, 6.45) is -0.717. The Morgan fingerprint density at radius 1 is 0.786 bits per heavy atom. The SMILES string of the molecule is N=c1n(Cc2ccccc2)c2ccccc2n1C[C@@H](O)COc1ccccc1. The van der Waals surface area contributed by atoms with E-state index < -0.39 is 6.10 Å². The van der Waals surface area contributed by atoms with E-state index in [0.717, 1.165) is 22.3 Å². The Bertz CT molecular complexity index is 1100. The van der Waals surface area contributed by atoms with Crippen molar-refractivity contribution < 1.29 is 9.84 Å². The maximum atomic E-state index is 10.5. The molecule has 0 saturated carbocycles. The number of para-hydroxylation sites is 3. The van der Waals surface area contributed by atoms with Gasteiger partial charge in [0.2, 0.25) is 5.62 Å². The molecular weight excluding hydrogens is 350 g/mol. The molecule has 5 nitrogen and oxygen atoms in total. The Morgan fingerprint density at radius 3 is 2.04 bits per heavy atom. The van der Waals surface area contributed by atoms with Crippen LogP contribution in [0.25, 0.3) is 11.0 Å². The van der Waals surface area contributed by atoms with Crippen LogP contribution in [-0.2, 0) is 13.1 Å². The number of fused-ring (bicyclic) bond motifs is 1. The van der Waals surface area contributed by atoms with Crippen LogP contribution in [0.5, 0.6) is 5.75 Å². The lowest BCUT2D eigenvalue weighted by Crippen LogP contribution is -2.31. The summed E-state index contributed by atoms with van der Waals surface area (Å²) in [5.74, 6) is 0.726. The van der Waals surface area contributed by atoms with Gasteiger partial charge in [0.25, 0.3) is 0 Å². The number of nitrogens with one attached hydrogen (secondary N) is 1. The highest BCUT2D eigenvalue weighted by molar-refractivity contribution is 5.76. The van der Waals surface area contributed by atoms with Crippen LogP contribution >= 0.6 is 0 Å². The van der Waals surface area contributed by atoms with Gasteiger partial charge in [-0.1, -0.05) is 60.7 Å². The van der Waals surface area contributed by atoms with Gasteiger partial charge >= 0.3 is 0 Å². The number of aliphatic hydroxyl groups excluding tert-OH is 1. The Balaban J connectivity index is 1.58. The molecule has 0 bridgehead atoms. The number of aliphatic hydroxyl groups is 1. The van der Waals surface area contributed by atoms with E-state index in [1.165, 1.54) is 0 Å². The number of rotatable bonds is 7. The predicted octanol–water partition coefficient (Wildman–Crippen LogP) is 3.41. The number of benzene rings is 3. The first-order chi connectivity index (χ1) is 13.7. The van der Waals surface area contributed by atoms with E-state index in [4.69, 9.17) is 10.1 Å². The van der Waals surface area contributed by atoms with Gasteiger partial charge in [-0.3, -0.25) is 5.41 Å². The second-order valence-electron chi connectivity index (χ2n) is 6.77. The molecule has 1 heterocycles. The Hall–Kier alpha value is -3.31. The number of ether oxygens (including phenoxy) is 1. The van der Waals surface area contributed by atoms with Gasteiger partial charge in [-0.15, -0.1) is 0 Å². The number of hydrogen-bond acceptors (Lipinski definition) is 3. The van der Waals surface area contributed by atoms with Crippen LogP contribution in [0.2, 0.25) is 0 Å². The summed E-state index contributed by atoms with van der Waals surface area (Å²) in [5.41, 5.74) is 3.41. The summed E-state index contributed by atoms with van der Waals surface area (Å²) in [6, 6.07) is 27.5. The molecule has 4 aromatic rings. The molecule has 3 aromatic carbocycles. The summed E-state index contributed by atoms with van der Waals surface area (Å²) in [7, 11) is 0. The van der Waals surface area contributed by atoms with Gasteiger partial charge in [0.15, 0.2) is 0 Å². The summed E-state index contributed by atoms with van der Waals surface area (Å²) in [5, 5.41) is 19.2. The molecule has 142 valence electrons. The van der Waals surface area contributed by atoms with Crippen molar-refractivity contribution in [2.24, 2.45) is 0 Å². The van der Waals surface area contributed by atoms with Gasteiger partial charge in [0.1, 0.15) is 18.5 Å². The van der Waals surface area contributed by atoms with Crippen molar-refractivity contribution in [3.8, 4) is 5.75 Å². The zero-order valence-electron chi connectivity index (χ0n) is 15.5. The zero-order chi connectivity index (χ0) is 19.3. The van der Waals surface area contributed by atoms with Crippen molar-refractivity contribution in [1.82, 2.24) is 9.13 Å². The largest absolute Gasteiger partial charge is 0.491 e. The van der Waals surface area contributed by atoms with E-state index in [2.05, 4.69) is 12.1 Å². The molecule has 28 heavy (non-hydrogen) atoms. The molecule has 0 aliphatic carbocycles. The van der Waals surface area contributed by atoms with Gasteiger partial charge in [0, 0.05) is 0 Å². The molecule has 1 atom stereocenters. The van der Waals surface area contributed by atoms with E-state index >= 15 is 0 Å². The second-order valence-corrected chi connectivity index (χ2v) is 6.77. The van der Waals surface area contributed by atoms with E-state index in [0.29, 0.717) is 18.7 Å². The Morgan fingerprint density at radius 2 is 1.36 bits per heavy atom. The number of aromatic nitrogens is 2. The van der Waals surface area contributed by atoms with Gasteiger partial charge in [-0.2, -0.15) is 0 Å². The number of hydrogen-bond donors (Lipinski definition) is 2. The van der Waals surface area contributed by atoms with E-state index in [-0.39, 0.29) is 6.61 Å². The molecule has 0 unspecified atom stereocenters. The molecule has 1 aromatic heterocycles. The smallest absolute Gasteiger partial charge is 0.203 e. The average Bonchev–Trinajstić information content (AvgIpc) is 3.00. The van der Waals surface area contributed by atoms with Crippen molar-refractivity contribution in [2.45, 2.75) is 19.2 Å². The highest BCUT2D eigenvalue weighted by Crippen LogP contribution is 2.15. The molecule has 4 rings (SSSR count). The molecule has 0 radical (unpaired) electrons. The monoisotopic (exact) mass is 373 g/mol. The number of nitrogens with zero attached hydrogens (tertiary/aromatic N) is 2. The van der Waals surface area contributed by atoms with E-state index in [9.17, 15) is 5.11 Å². The third-order valence-corrected chi connectivity index (χ3v) is 4.74. The Kier molecular flexibility index (Phi) is 5.26. The van der Waals surface area contributed by atoms with Crippen LogP contribution in [0.3, 0.4) is 0 Å². The molecule has 0 spiro atoms. The van der Waals surface area contributed by atoms with Crippen LogP contribution in [0.4, 0.5) is 0 Å². The first-order valence-corrected chi connectivity index (χ1v) is 9.35. The van der Waals surface area contributed by atoms with Crippen LogP contribution in [-0.4, -0.2) is 27.0 Å². The van der Waals surface area contributed by atoms with Crippen molar-refractivity contribution in [3.63, 3.8) is 0 Å². The van der Waals surface area contributed by atoms with Crippen molar-refractivity contribution in [1.29, 1.82) is 5.41 Å². The van der Waals surface area contributed by atoms with Crippen molar-refractivity contribution >= 4 is 11.0 Å². The van der Waals surface area contributed by atoms with Gasteiger partial charge in [-0.25, -0.2) is 0 Å². The minimum atomic E-state index is -0.717. The fourth-order valence-corrected chi connectivity index (χ4v) is 3.38. The van der Waals surface area contributed by atoms with Crippen molar-refractivity contribution in [2.75, 3.05) is 6.61 Å². The summed E-state index contributed by atoms with van der Waals surface area (Å²) >= 11 is 0. The summed E-state index contributed by atoms with van der Waals surface area (Å²) in [4.78, 5) is 0. The molecule has 2 N–H and O–H groups in total. The highest BCUT2D eigenvalue weighted by atomic mass is 16.5. The normalized spacial score (nSPS) is 12.2. The topological polar surface area (TPSA) is 63.2 Å². The zero-order valence-corrected chi connectivity index (χ0v) is 15.5. The molecule has 5 heteroatoms. The first-order valence-electron chi connectivity index (χ1n) is 9.35. The maximum absolute atomic E-state index is 10.5. The molecule has 0 saturated heterocycles. The van der Waals surface area contributed by atoms with Gasteiger partial charge in [-0.05, 0) is 29.8 Å². The Labute approximate surface area is 163 Å². The lowest BCUT2D eigenvalue weighted by atomic mass is 10.2. The molecule has 0 amide bonds. The standard InChI is InChI=1S/C23H23N3O2/c24-23-25(15-18-9-3-1-4-10-18)21-13-7-8-14-22(21)26(23)16-19(27)17-28-20-11-5-2-6-12-20/h1-14,19,24,27H,15-17H2/t19-/m1/s1. The van der Waals surface area contributed by atoms with Crippen LogP contribution in [0.1, 0.15) is 5.56 Å². The maximum Gasteiger partial charge on any atom is 0.203 e. The third-order valence-electron chi connectivity index (χ3n) is 4.74. The fourth-order valence-electron chi connectivity index (χ4n) is 3.38. The molecule has 0 aliphatic heterocycles. The molecule has 0 aliphatic rings. The lowest BCUT2D eigenvalue weighted by Gasteiger charge is -2.13. The molecule has 0 fully saturated rings. The minimum Gasteiger partial charge on any atom is -0.491 e. The van der Waals surface area contributed by atoms with E-state index in [1.54, 1.807) is 0 Å². The second kappa shape index (κ2) is 8.15. The lowest BCUT2D eigenvalue weighted by molar-refractivity contribution is 0.0921. The predicted molar refractivity (Wildman–Crippen MR) is 109 cm³/mol. The quantitative estimate of drug-likeness (QED) is 0.521. The summed E-state index contributed by atoms with van der Waals surface area (Å²) < 4.78 is 9.48.